The molecule has 0 aliphatic carbocycles. The number of nitrogens with zero attached hydrogens (tertiary/aromatic N) is 1. The molecule has 0 atom stereocenters. The normalized spacial score (nSPS) is 9.64. The van der Waals surface area contributed by atoms with E-state index in [1.165, 1.54) is 0 Å². The molecule has 0 aliphatic heterocycles. The van der Waals surface area contributed by atoms with Crippen molar-refractivity contribution in [1.82, 2.24) is 10.3 Å². The smallest absolute Gasteiger partial charge is 0.225 e. The van der Waals surface area contributed by atoms with Crippen LogP contribution in [-0.2, 0) is 17.1 Å². The third kappa shape index (κ3) is 9.12. The molecule has 2 aromatic rings. The number of para-hydroxylation sites is 1. The van der Waals surface area contributed by atoms with Crippen molar-refractivity contribution in [3.63, 3.8) is 0 Å². The predicted octanol–water partition coefficient (Wildman–Crippen LogP) is 4.30. The molecule has 2 N–H and O–H groups in total. The third-order valence-electron chi connectivity index (χ3n) is 3.31. The zero-order valence-corrected chi connectivity index (χ0v) is 16.7. The fraction of sp³-hybridized carbons (Fsp3) is 0.333. The number of nitrogens with one attached hydrogen (secondary N) is 2. The van der Waals surface area contributed by atoms with E-state index in [4.69, 9.17) is 0 Å². The number of carbonyl (C=O) groups excluding carboxylic acids is 1. The van der Waals surface area contributed by atoms with Crippen LogP contribution >= 0.6 is 36.6 Å². The molecule has 2 rings (SSSR count). The van der Waals surface area contributed by atoms with Crippen molar-refractivity contribution in [3.8, 4) is 0 Å². The minimum Gasteiger partial charge on any atom is -0.326 e. The van der Waals surface area contributed by atoms with Gasteiger partial charge in [0, 0.05) is 36.4 Å². The summed E-state index contributed by atoms with van der Waals surface area (Å²) in [5.41, 5.74) is 3.06. The number of hydrogen-bond acceptors (Lipinski definition) is 4. The molecule has 0 unspecified atom stereocenters. The van der Waals surface area contributed by atoms with Gasteiger partial charge in [-0.1, -0.05) is 31.2 Å². The molecule has 1 amide bonds. The number of halogens is 2. The molecule has 1 heterocycles. The highest BCUT2D eigenvalue weighted by Crippen LogP contribution is 2.16. The van der Waals surface area contributed by atoms with Crippen LogP contribution in [0.15, 0.2) is 48.7 Å². The highest BCUT2D eigenvalue weighted by molar-refractivity contribution is 7.98. The Morgan fingerprint density at radius 1 is 1.12 bits per heavy atom. The lowest BCUT2D eigenvalue weighted by Crippen LogP contribution is -2.17. The van der Waals surface area contributed by atoms with E-state index in [1.54, 1.807) is 18.0 Å². The molecule has 138 valence electrons. The molecule has 25 heavy (non-hydrogen) atoms. The van der Waals surface area contributed by atoms with E-state index < -0.39 is 0 Å². The average Bonchev–Trinajstić information content (AvgIpc) is 2.59. The first-order valence-electron chi connectivity index (χ1n) is 7.85. The molecule has 0 bridgehead atoms. The van der Waals surface area contributed by atoms with Gasteiger partial charge in [0.15, 0.2) is 0 Å². The maximum absolute atomic E-state index is 12.1. The van der Waals surface area contributed by atoms with E-state index in [0.29, 0.717) is 6.42 Å². The molecular formula is C18H25Cl2N3OS. The average molecular weight is 402 g/mol. The van der Waals surface area contributed by atoms with Gasteiger partial charge < -0.3 is 10.6 Å². The van der Waals surface area contributed by atoms with Gasteiger partial charge in [-0.15, -0.1) is 24.8 Å². The van der Waals surface area contributed by atoms with Gasteiger partial charge in [0.25, 0.3) is 0 Å². The quantitative estimate of drug-likeness (QED) is 0.615. The summed E-state index contributed by atoms with van der Waals surface area (Å²) in [5, 5.41) is 6.30. The fourth-order valence-electron chi connectivity index (χ4n) is 2.09. The van der Waals surface area contributed by atoms with Crippen LogP contribution in [0.3, 0.4) is 0 Å². The lowest BCUT2D eigenvalue weighted by molar-refractivity contribution is -0.115. The van der Waals surface area contributed by atoms with E-state index in [2.05, 4.69) is 22.5 Å². The maximum atomic E-state index is 12.1. The van der Waals surface area contributed by atoms with Crippen molar-refractivity contribution >= 4 is 48.2 Å². The van der Waals surface area contributed by atoms with Gasteiger partial charge in [0.2, 0.25) is 5.91 Å². The van der Waals surface area contributed by atoms with Crippen molar-refractivity contribution in [2.24, 2.45) is 0 Å². The van der Waals surface area contributed by atoms with Gasteiger partial charge in [0.05, 0.1) is 5.69 Å². The number of carbonyl (C=O) groups is 1. The first-order valence-corrected chi connectivity index (χ1v) is 9.01. The number of pyridine rings is 1. The summed E-state index contributed by atoms with van der Waals surface area (Å²) in [7, 11) is 0. The van der Waals surface area contributed by atoms with Gasteiger partial charge in [-0.3, -0.25) is 9.78 Å². The second-order valence-corrected chi connectivity index (χ2v) is 6.21. The van der Waals surface area contributed by atoms with E-state index in [0.717, 1.165) is 41.5 Å². The first kappa shape index (κ1) is 23.7. The van der Waals surface area contributed by atoms with Crippen molar-refractivity contribution in [2.75, 3.05) is 17.6 Å². The van der Waals surface area contributed by atoms with Crippen LogP contribution < -0.4 is 10.6 Å². The standard InChI is InChI=1S/C18H23N3OS.2ClH/c1-2-19-13-15-7-3-4-9-17(15)21-18(22)10-12-23-14-16-8-5-6-11-20-16;;/h3-9,11,19H,2,10,12-14H2,1H3,(H,21,22);2*1H. The zero-order chi connectivity index (χ0) is 16.3. The Bertz CT molecular complexity index is 614. The second kappa shape index (κ2) is 14.0. The molecule has 0 radical (unpaired) electrons. The third-order valence-corrected chi connectivity index (χ3v) is 4.30. The van der Waals surface area contributed by atoms with Crippen molar-refractivity contribution < 1.29 is 4.79 Å². The van der Waals surface area contributed by atoms with E-state index >= 15 is 0 Å². The number of rotatable bonds is 9. The lowest BCUT2D eigenvalue weighted by atomic mass is 10.1. The van der Waals surface area contributed by atoms with Crippen molar-refractivity contribution in [2.45, 2.75) is 25.6 Å². The minimum atomic E-state index is 0. The topological polar surface area (TPSA) is 54.0 Å². The van der Waals surface area contributed by atoms with Crippen LogP contribution in [0, 0.1) is 0 Å². The molecule has 7 heteroatoms. The van der Waals surface area contributed by atoms with Crippen LogP contribution in [0.5, 0.6) is 0 Å². The summed E-state index contributed by atoms with van der Waals surface area (Å²) in [4.78, 5) is 16.4. The predicted molar refractivity (Wildman–Crippen MR) is 112 cm³/mol. The van der Waals surface area contributed by atoms with Crippen molar-refractivity contribution in [1.29, 1.82) is 0 Å². The Balaban J connectivity index is 0.00000288. The number of benzene rings is 1. The lowest BCUT2D eigenvalue weighted by Gasteiger charge is -2.11. The summed E-state index contributed by atoms with van der Waals surface area (Å²) in [6, 6.07) is 13.8. The van der Waals surface area contributed by atoms with Crippen LogP contribution in [0.4, 0.5) is 5.69 Å². The number of hydrogen-bond donors (Lipinski definition) is 2. The molecule has 1 aromatic carbocycles. The van der Waals surface area contributed by atoms with Crippen LogP contribution in [0.25, 0.3) is 0 Å². The molecular weight excluding hydrogens is 377 g/mol. The Labute approximate surface area is 166 Å². The Hall–Kier alpha value is -1.27. The fourth-order valence-corrected chi connectivity index (χ4v) is 2.95. The summed E-state index contributed by atoms with van der Waals surface area (Å²) in [6.07, 6.45) is 2.30. The summed E-state index contributed by atoms with van der Waals surface area (Å²) < 4.78 is 0. The highest BCUT2D eigenvalue weighted by Gasteiger charge is 2.06. The first-order chi connectivity index (χ1) is 11.3. The van der Waals surface area contributed by atoms with Gasteiger partial charge >= 0.3 is 0 Å². The summed E-state index contributed by atoms with van der Waals surface area (Å²) in [6.45, 7) is 3.74. The van der Waals surface area contributed by atoms with E-state index in [9.17, 15) is 4.79 Å². The SMILES string of the molecule is CCNCc1ccccc1NC(=O)CCSCc1ccccn1.Cl.Cl. The van der Waals surface area contributed by atoms with E-state index in [-0.39, 0.29) is 30.7 Å². The van der Waals surface area contributed by atoms with Crippen LogP contribution in [0.2, 0.25) is 0 Å². The maximum Gasteiger partial charge on any atom is 0.225 e. The molecule has 0 saturated heterocycles. The Kier molecular flexibility index (Phi) is 13.2. The van der Waals surface area contributed by atoms with Crippen LogP contribution in [0.1, 0.15) is 24.6 Å². The number of amides is 1. The van der Waals surface area contributed by atoms with Gasteiger partial charge in [-0.25, -0.2) is 0 Å². The molecule has 0 aliphatic rings. The largest absolute Gasteiger partial charge is 0.326 e. The Morgan fingerprint density at radius 2 is 1.88 bits per heavy atom. The van der Waals surface area contributed by atoms with Gasteiger partial charge in [-0.05, 0) is 30.3 Å². The molecule has 0 spiro atoms. The van der Waals surface area contributed by atoms with Crippen LogP contribution in [-0.4, -0.2) is 23.2 Å². The molecule has 0 saturated carbocycles. The number of anilines is 1. The van der Waals surface area contributed by atoms with Crippen molar-refractivity contribution in [3.05, 3.63) is 59.9 Å². The number of thioether (sulfide) groups is 1. The van der Waals surface area contributed by atoms with E-state index in [1.807, 2.05) is 42.5 Å². The summed E-state index contributed by atoms with van der Waals surface area (Å²) in [5.74, 6) is 1.69. The molecule has 1 aromatic heterocycles. The van der Waals surface area contributed by atoms with Gasteiger partial charge in [0.1, 0.15) is 0 Å². The molecule has 4 nitrogen and oxygen atoms in total. The highest BCUT2D eigenvalue weighted by atomic mass is 35.5. The number of aromatic nitrogens is 1. The van der Waals surface area contributed by atoms with Gasteiger partial charge in [-0.2, -0.15) is 11.8 Å². The summed E-state index contributed by atoms with van der Waals surface area (Å²) >= 11 is 1.73. The minimum absolute atomic E-state index is 0. The molecule has 0 fully saturated rings. The second-order valence-electron chi connectivity index (χ2n) is 5.11. The monoisotopic (exact) mass is 401 g/mol. The Morgan fingerprint density at radius 3 is 2.60 bits per heavy atom. The zero-order valence-electron chi connectivity index (χ0n) is 14.2.